The lowest BCUT2D eigenvalue weighted by Crippen LogP contribution is -2.31. The molecular formula is C28H32F4O. The Morgan fingerprint density at radius 1 is 0.788 bits per heavy atom. The molecule has 2 saturated carbocycles. The van der Waals surface area contributed by atoms with Gasteiger partial charge in [-0.2, -0.15) is 8.78 Å². The highest BCUT2D eigenvalue weighted by Crippen LogP contribution is 2.40. The zero-order chi connectivity index (χ0) is 23.4. The van der Waals surface area contributed by atoms with Crippen LogP contribution in [0.4, 0.5) is 17.6 Å². The fraction of sp³-hybridized carbons (Fsp3) is 0.500. The van der Waals surface area contributed by atoms with Crippen LogP contribution < -0.4 is 0 Å². The number of hydrogen-bond acceptors (Lipinski definition) is 1. The number of rotatable bonds is 6. The summed E-state index contributed by atoms with van der Waals surface area (Å²) >= 11 is 0. The van der Waals surface area contributed by atoms with Crippen LogP contribution in [-0.4, -0.2) is 6.10 Å². The first-order valence-electron chi connectivity index (χ1n) is 12.1. The molecule has 0 N–H and O–H groups in total. The van der Waals surface area contributed by atoms with Crippen molar-refractivity contribution in [3.63, 3.8) is 0 Å². The van der Waals surface area contributed by atoms with E-state index in [-0.39, 0.29) is 5.56 Å². The van der Waals surface area contributed by atoms with Crippen molar-refractivity contribution in [1.82, 2.24) is 0 Å². The van der Waals surface area contributed by atoms with E-state index in [0.29, 0.717) is 30.6 Å². The van der Waals surface area contributed by atoms with Crippen LogP contribution in [0.25, 0.3) is 0 Å². The van der Waals surface area contributed by atoms with Crippen LogP contribution in [0.5, 0.6) is 0 Å². The molecule has 1 nitrogen and oxygen atoms in total. The minimum absolute atomic E-state index is 0.255. The molecule has 2 aliphatic carbocycles. The van der Waals surface area contributed by atoms with Crippen LogP contribution in [0.1, 0.15) is 74.0 Å². The molecule has 4 rings (SSSR count). The summed E-state index contributed by atoms with van der Waals surface area (Å²) in [5.41, 5.74) is 0.395. The highest BCUT2D eigenvalue weighted by atomic mass is 19.3. The van der Waals surface area contributed by atoms with Crippen molar-refractivity contribution >= 4 is 0 Å². The molecule has 0 heterocycles. The third-order valence-electron chi connectivity index (χ3n) is 7.21. The highest BCUT2D eigenvalue weighted by molar-refractivity contribution is 5.27. The second-order valence-electron chi connectivity index (χ2n) is 9.68. The van der Waals surface area contributed by atoms with Gasteiger partial charge in [0.1, 0.15) is 17.2 Å². The summed E-state index contributed by atoms with van der Waals surface area (Å²) in [7, 11) is 0. The third-order valence-corrected chi connectivity index (χ3v) is 7.21. The van der Waals surface area contributed by atoms with E-state index in [0.717, 1.165) is 25.0 Å². The van der Waals surface area contributed by atoms with Gasteiger partial charge in [0, 0.05) is 0 Å². The van der Waals surface area contributed by atoms with Crippen molar-refractivity contribution < 1.29 is 22.3 Å². The summed E-state index contributed by atoms with van der Waals surface area (Å²) < 4.78 is 62.0. The van der Waals surface area contributed by atoms with Crippen molar-refractivity contribution in [2.45, 2.75) is 76.4 Å². The van der Waals surface area contributed by atoms with E-state index in [1.807, 2.05) is 0 Å². The van der Waals surface area contributed by atoms with Gasteiger partial charge >= 0.3 is 6.11 Å². The van der Waals surface area contributed by atoms with Crippen molar-refractivity contribution in [2.24, 2.45) is 11.8 Å². The first-order chi connectivity index (χ1) is 15.8. The summed E-state index contributed by atoms with van der Waals surface area (Å²) in [6, 6.07) is 12.5. The van der Waals surface area contributed by atoms with E-state index < -0.39 is 29.4 Å². The maximum atomic E-state index is 14.5. The highest BCUT2D eigenvalue weighted by Gasteiger charge is 2.42. The van der Waals surface area contributed by atoms with Gasteiger partial charge in [-0.3, -0.25) is 0 Å². The predicted octanol–water partition coefficient (Wildman–Crippen LogP) is 8.43. The smallest absolute Gasteiger partial charge is 0.313 e. The monoisotopic (exact) mass is 460 g/mol. The standard InChI is InChI=1S/C28H32F4O/c1-19-17-25(29)27(26(30)18-19)28(31,32)33-24-15-11-21(12-16-24)8-7-20-9-13-23(14-10-20)22-5-3-2-4-6-22/h2-8,17-18,20-21,23-24H,9-16H2,1H3/b8-7+. The van der Waals surface area contributed by atoms with E-state index >= 15 is 0 Å². The first-order valence-corrected chi connectivity index (χ1v) is 12.1. The molecule has 5 heteroatoms. The van der Waals surface area contributed by atoms with Gasteiger partial charge in [-0.15, -0.1) is 0 Å². The minimum atomic E-state index is -3.98. The molecule has 2 aromatic carbocycles. The Labute approximate surface area is 193 Å². The lowest BCUT2D eigenvalue weighted by Gasteiger charge is -2.31. The van der Waals surface area contributed by atoms with Gasteiger partial charge in [0.2, 0.25) is 0 Å². The quantitative estimate of drug-likeness (QED) is 0.310. The molecule has 0 aromatic heterocycles. The van der Waals surface area contributed by atoms with Gasteiger partial charge in [-0.25, -0.2) is 8.78 Å². The molecular weight excluding hydrogens is 428 g/mol. The predicted molar refractivity (Wildman–Crippen MR) is 122 cm³/mol. The maximum absolute atomic E-state index is 14.5. The largest absolute Gasteiger partial charge is 0.389 e. The molecule has 178 valence electrons. The molecule has 0 amide bonds. The van der Waals surface area contributed by atoms with Gasteiger partial charge in [-0.1, -0.05) is 42.5 Å². The Kier molecular flexibility index (Phi) is 7.58. The lowest BCUT2D eigenvalue weighted by atomic mass is 9.78. The molecule has 33 heavy (non-hydrogen) atoms. The second-order valence-corrected chi connectivity index (χ2v) is 9.68. The van der Waals surface area contributed by atoms with E-state index in [1.165, 1.54) is 38.2 Å². The normalized spacial score (nSPS) is 26.6. The van der Waals surface area contributed by atoms with Gasteiger partial charge in [0.25, 0.3) is 0 Å². The Bertz CT molecular complexity index is 917. The van der Waals surface area contributed by atoms with Crippen LogP contribution in [0.3, 0.4) is 0 Å². The molecule has 0 bridgehead atoms. The van der Waals surface area contributed by atoms with E-state index in [4.69, 9.17) is 4.74 Å². The SMILES string of the molecule is Cc1cc(F)c(C(F)(F)OC2CCC(/C=C/C3CCC(c4ccccc4)CC3)CC2)c(F)c1. The summed E-state index contributed by atoms with van der Waals surface area (Å²) in [6.45, 7) is 1.46. The zero-order valence-corrected chi connectivity index (χ0v) is 19.1. The Hall–Kier alpha value is -2.14. The second kappa shape index (κ2) is 10.4. The summed E-state index contributed by atoms with van der Waals surface area (Å²) in [4.78, 5) is 0. The van der Waals surface area contributed by atoms with E-state index in [1.54, 1.807) is 0 Å². The van der Waals surface area contributed by atoms with Crippen LogP contribution in [0, 0.1) is 30.4 Å². The van der Waals surface area contributed by atoms with Gasteiger partial charge < -0.3 is 4.74 Å². The van der Waals surface area contributed by atoms with E-state index in [9.17, 15) is 17.6 Å². The first kappa shape index (κ1) is 24.0. The van der Waals surface area contributed by atoms with Crippen LogP contribution >= 0.6 is 0 Å². The molecule has 2 aliphatic rings. The minimum Gasteiger partial charge on any atom is -0.313 e. The number of ether oxygens (including phenoxy) is 1. The summed E-state index contributed by atoms with van der Waals surface area (Å²) in [6.07, 6.45) is 7.04. The molecule has 0 unspecified atom stereocenters. The number of halogens is 4. The number of allylic oxidation sites excluding steroid dienone is 2. The fourth-order valence-electron chi connectivity index (χ4n) is 5.33. The molecule has 0 saturated heterocycles. The number of benzene rings is 2. The number of aryl methyl sites for hydroxylation is 1. The molecule has 2 aromatic rings. The third kappa shape index (κ3) is 6.06. The average molecular weight is 461 g/mol. The average Bonchev–Trinajstić information content (AvgIpc) is 2.78. The number of hydrogen-bond donors (Lipinski definition) is 0. The Morgan fingerprint density at radius 2 is 1.30 bits per heavy atom. The van der Waals surface area contributed by atoms with Crippen LogP contribution in [0.15, 0.2) is 54.6 Å². The maximum Gasteiger partial charge on any atom is 0.389 e. The molecule has 2 fully saturated rings. The topological polar surface area (TPSA) is 9.23 Å². The molecule has 0 radical (unpaired) electrons. The van der Waals surface area contributed by atoms with E-state index in [2.05, 4.69) is 42.5 Å². The van der Waals surface area contributed by atoms with Gasteiger partial charge in [0.15, 0.2) is 0 Å². The fourth-order valence-corrected chi connectivity index (χ4v) is 5.33. The molecule has 0 aliphatic heterocycles. The van der Waals surface area contributed by atoms with Crippen molar-refractivity contribution in [2.75, 3.05) is 0 Å². The van der Waals surface area contributed by atoms with Crippen molar-refractivity contribution in [3.05, 3.63) is 82.9 Å². The van der Waals surface area contributed by atoms with Crippen LogP contribution in [-0.2, 0) is 10.8 Å². The van der Waals surface area contributed by atoms with Gasteiger partial charge in [0.05, 0.1) is 6.10 Å². The van der Waals surface area contributed by atoms with Crippen molar-refractivity contribution in [1.29, 1.82) is 0 Å². The summed E-state index contributed by atoms with van der Waals surface area (Å²) in [5, 5.41) is 0. The van der Waals surface area contributed by atoms with Crippen LogP contribution in [0.2, 0.25) is 0 Å². The number of alkyl halides is 2. The summed E-state index contributed by atoms with van der Waals surface area (Å²) in [5.74, 6) is -0.963. The zero-order valence-electron chi connectivity index (χ0n) is 19.1. The Morgan fingerprint density at radius 3 is 1.85 bits per heavy atom. The molecule has 0 atom stereocenters. The Balaban J connectivity index is 1.24. The lowest BCUT2D eigenvalue weighted by molar-refractivity contribution is -0.280. The van der Waals surface area contributed by atoms with Crippen molar-refractivity contribution in [3.8, 4) is 0 Å². The van der Waals surface area contributed by atoms with Gasteiger partial charge in [-0.05, 0) is 99.3 Å². The molecule has 0 spiro atoms.